The van der Waals surface area contributed by atoms with E-state index in [0.717, 1.165) is 22.1 Å². The first-order valence-corrected chi connectivity index (χ1v) is 8.97. The van der Waals surface area contributed by atoms with Gasteiger partial charge in [0.05, 0.1) is 11.9 Å². The number of rotatable bonds is 5. The molecule has 0 aliphatic carbocycles. The molecule has 3 aromatic rings. The Morgan fingerprint density at radius 1 is 1.16 bits per heavy atom. The summed E-state index contributed by atoms with van der Waals surface area (Å²) in [6.45, 7) is 4.01. The molecule has 2 aromatic carbocycles. The number of hydrogen-bond acceptors (Lipinski definition) is 2. The fraction of sp³-hybridized carbons (Fsp3) is 0.200. The molecule has 0 aliphatic rings. The van der Waals surface area contributed by atoms with Crippen molar-refractivity contribution in [2.75, 3.05) is 0 Å². The highest BCUT2D eigenvalue weighted by molar-refractivity contribution is 9.10. The van der Waals surface area contributed by atoms with Gasteiger partial charge in [0.15, 0.2) is 0 Å². The molecule has 1 heterocycles. The van der Waals surface area contributed by atoms with Gasteiger partial charge in [0, 0.05) is 22.3 Å². The molecule has 1 N–H and O–H groups in total. The van der Waals surface area contributed by atoms with Gasteiger partial charge in [-0.2, -0.15) is 5.10 Å². The maximum Gasteiger partial charge on any atom is 0.251 e. The first kappa shape index (κ1) is 17.4. The van der Waals surface area contributed by atoms with E-state index in [1.54, 1.807) is 4.68 Å². The van der Waals surface area contributed by atoms with Crippen molar-refractivity contribution < 1.29 is 4.79 Å². The number of hydrogen-bond donors (Lipinski definition) is 1. The summed E-state index contributed by atoms with van der Waals surface area (Å²) in [6.07, 6.45) is 4.56. The molecular weight excluding hydrogens is 378 g/mol. The predicted molar refractivity (Wildman–Crippen MR) is 103 cm³/mol. The summed E-state index contributed by atoms with van der Waals surface area (Å²) >= 11 is 3.43. The molecule has 1 amide bonds. The van der Waals surface area contributed by atoms with Crippen molar-refractivity contribution in [3.8, 4) is 5.69 Å². The second kappa shape index (κ2) is 7.66. The molecule has 0 bridgehead atoms. The van der Waals surface area contributed by atoms with Gasteiger partial charge in [0.25, 0.3) is 5.91 Å². The van der Waals surface area contributed by atoms with Crippen LogP contribution in [0.2, 0.25) is 0 Å². The third-order valence-corrected chi connectivity index (χ3v) is 4.47. The molecule has 128 valence electrons. The van der Waals surface area contributed by atoms with Crippen LogP contribution in [0, 0.1) is 6.92 Å². The molecule has 0 radical (unpaired) electrons. The van der Waals surface area contributed by atoms with Gasteiger partial charge in [0.1, 0.15) is 0 Å². The van der Waals surface area contributed by atoms with Gasteiger partial charge in [-0.05, 0) is 67.8 Å². The third kappa shape index (κ3) is 4.57. The summed E-state index contributed by atoms with van der Waals surface area (Å²) in [5.74, 6) is -0.0622. The standard InChI is InChI=1S/C20H20BrN3O/c1-14-12-22-24(13-14)19-9-5-17(6-10-19)20(25)23-15(2)11-16-3-7-18(21)8-4-16/h3-10,12-13,15H,11H2,1-2H3,(H,23,25). The molecule has 1 aromatic heterocycles. The first-order chi connectivity index (χ1) is 12.0. The second-order valence-electron chi connectivity index (χ2n) is 6.21. The maximum atomic E-state index is 12.4. The Morgan fingerprint density at radius 2 is 1.84 bits per heavy atom. The molecule has 5 heteroatoms. The molecule has 0 saturated heterocycles. The number of aryl methyl sites for hydroxylation is 1. The van der Waals surface area contributed by atoms with E-state index in [1.165, 1.54) is 5.56 Å². The Morgan fingerprint density at radius 3 is 2.44 bits per heavy atom. The molecule has 0 spiro atoms. The zero-order chi connectivity index (χ0) is 17.8. The van der Waals surface area contributed by atoms with Gasteiger partial charge in [-0.1, -0.05) is 28.1 Å². The Labute approximate surface area is 156 Å². The smallest absolute Gasteiger partial charge is 0.251 e. The molecule has 0 fully saturated rings. The van der Waals surface area contributed by atoms with E-state index in [0.29, 0.717) is 5.56 Å². The second-order valence-corrected chi connectivity index (χ2v) is 7.13. The summed E-state index contributed by atoms with van der Waals surface area (Å²) in [6, 6.07) is 15.7. The van der Waals surface area contributed by atoms with Crippen LogP contribution in [0.5, 0.6) is 0 Å². The first-order valence-electron chi connectivity index (χ1n) is 8.18. The van der Waals surface area contributed by atoms with Gasteiger partial charge >= 0.3 is 0 Å². The van der Waals surface area contributed by atoms with Gasteiger partial charge in [-0.25, -0.2) is 4.68 Å². The number of nitrogens with one attached hydrogen (secondary N) is 1. The van der Waals surface area contributed by atoms with Crippen molar-refractivity contribution in [1.29, 1.82) is 0 Å². The van der Waals surface area contributed by atoms with Gasteiger partial charge in [-0.15, -0.1) is 0 Å². The monoisotopic (exact) mass is 397 g/mol. The van der Waals surface area contributed by atoms with Crippen LogP contribution in [-0.4, -0.2) is 21.7 Å². The topological polar surface area (TPSA) is 46.9 Å². The molecule has 4 nitrogen and oxygen atoms in total. The maximum absolute atomic E-state index is 12.4. The Balaban J connectivity index is 1.61. The zero-order valence-corrected chi connectivity index (χ0v) is 15.8. The summed E-state index contributed by atoms with van der Waals surface area (Å²) in [5.41, 5.74) is 3.88. The third-order valence-electron chi connectivity index (χ3n) is 3.94. The van der Waals surface area contributed by atoms with Crippen LogP contribution in [0.25, 0.3) is 5.69 Å². The zero-order valence-electron chi connectivity index (χ0n) is 14.2. The molecule has 25 heavy (non-hydrogen) atoms. The van der Waals surface area contributed by atoms with E-state index in [-0.39, 0.29) is 11.9 Å². The molecule has 0 saturated carbocycles. The van der Waals surface area contributed by atoms with Crippen molar-refractivity contribution in [2.24, 2.45) is 0 Å². The number of aromatic nitrogens is 2. The Hall–Kier alpha value is -2.40. The lowest BCUT2D eigenvalue weighted by Gasteiger charge is -2.14. The van der Waals surface area contributed by atoms with Crippen LogP contribution >= 0.6 is 15.9 Å². The lowest BCUT2D eigenvalue weighted by Crippen LogP contribution is -2.34. The number of halogens is 1. The molecule has 1 unspecified atom stereocenters. The highest BCUT2D eigenvalue weighted by Gasteiger charge is 2.11. The molecule has 1 atom stereocenters. The van der Waals surface area contributed by atoms with Crippen molar-refractivity contribution in [3.05, 3.63) is 82.1 Å². The van der Waals surface area contributed by atoms with E-state index in [1.807, 2.05) is 62.6 Å². The highest BCUT2D eigenvalue weighted by Crippen LogP contribution is 2.13. The summed E-state index contributed by atoms with van der Waals surface area (Å²) in [7, 11) is 0. The summed E-state index contributed by atoms with van der Waals surface area (Å²) in [4.78, 5) is 12.4. The van der Waals surface area contributed by atoms with E-state index >= 15 is 0 Å². The number of carbonyl (C=O) groups excluding carboxylic acids is 1. The Kier molecular flexibility index (Phi) is 5.34. The van der Waals surface area contributed by atoms with Crippen LogP contribution in [0.15, 0.2) is 65.4 Å². The average molecular weight is 398 g/mol. The SMILES string of the molecule is Cc1cnn(-c2ccc(C(=O)NC(C)Cc3ccc(Br)cc3)cc2)c1. The molecular formula is C20H20BrN3O. The van der Waals surface area contributed by atoms with Crippen molar-refractivity contribution in [3.63, 3.8) is 0 Å². The molecule has 3 rings (SSSR count). The highest BCUT2D eigenvalue weighted by atomic mass is 79.9. The van der Waals surface area contributed by atoms with Crippen molar-refractivity contribution >= 4 is 21.8 Å². The predicted octanol–water partition coefficient (Wildman–Crippen LogP) is 4.30. The minimum Gasteiger partial charge on any atom is -0.349 e. The minimum atomic E-state index is -0.0622. The normalized spacial score (nSPS) is 12.0. The van der Waals surface area contributed by atoms with Crippen molar-refractivity contribution in [2.45, 2.75) is 26.3 Å². The summed E-state index contributed by atoms with van der Waals surface area (Å²) in [5, 5.41) is 7.32. The van der Waals surface area contributed by atoms with Crippen LogP contribution in [0.3, 0.4) is 0 Å². The number of carbonyl (C=O) groups is 1. The van der Waals surface area contributed by atoms with E-state index in [4.69, 9.17) is 0 Å². The van der Waals surface area contributed by atoms with E-state index in [2.05, 4.69) is 38.5 Å². The Bertz CT molecular complexity index is 853. The quantitative estimate of drug-likeness (QED) is 0.697. The lowest BCUT2D eigenvalue weighted by molar-refractivity contribution is 0.0940. The van der Waals surface area contributed by atoms with Crippen LogP contribution in [0.4, 0.5) is 0 Å². The van der Waals surface area contributed by atoms with E-state index < -0.39 is 0 Å². The van der Waals surface area contributed by atoms with Gasteiger partial charge in [-0.3, -0.25) is 4.79 Å². The number of amides is 1. The van der Waals surface area contributed by atoms with Crippen LogP contribution < -0.4 is 5.32 Å². The number of nitrogens with zero attached hydrogens (tertiary/aromatic N) is 2. The van der Waals surface area contributed by atoms with Crippen molar-refractivity contribution in [1.82, 2.24) is 15.1 Å². The summed E-state index contributed by atoms with van der Waals surface area (Å²) < 4.78 is 2.85. The minimum absolute atomic E-state index is 0.0575. The lowest BCUT2D eigenvalue weighted by atomic mass is 10.1. The van der Waals surface area contributed by atoms with Crippen LogP contribution in [-0.2, 0) is 6.42 Å². The van der Waals surface area contributed by atoms with Gasteiger partial charge < -0.3 is 5.32 Å². The van der Waals surface area contributed by atoms with E-state index in [9.17, 15) is 4.79 Å². The fourth-order valence-corrected chi connectivity index (χ4v) is 2.92. The largest absolute Gasteiger partial charge is 0.349 e. The fourth-order valence-electron chi connectivity index (χ4n) is 2.65. The number of benzene rings is 2. The van der Waals surface area contributed by atoms with Gasteiger partial charge in [0.2, 0.25) is 0 Å². The van der Waals surface area contributed by atoms with Crippen LogP contribution in [0.1, 0.15) is 28.4 Å². The average Bonchev–Trinajstić information content (AvgIpc) is 3.03. The molecule has 0 aliphatic heterocycles.